The molecule has 29 heavy (non-hydrogen) atoms. The third kappa shape index (κ3) is 4.41. The van der Waals surface area contributed by atoms with Crippen molar-refractivity contribution < 1.29 is 19.6 Å². The van der Waals surface area contributed by atoms with Crippen molar-refractivity contribution in [1.29, 1.82) is 0 Å². The minimum Gasteiger partial charge on any atom is -0.478 e. The molecule has 0 aliphatic carbocycles. The summed E-state index contributed by atoms with van der Waals surface area (Å²) in [6.07, 6.45) is 0. The molecule has 146 valence electrons. The van der Waals surface area contributed by atoms with E-state index < -0.39 is 16.8 Å². The number of amides is 1. The summed E-state index contributed by atoms with van der Waals surface area (Å²) in [5.41, 5.74) is 0.189. The van der Waals surface area contributed by atoms with Crippen LogP contribution in [-0.4, -0.2) is 21.9 Å². The molecule has 0 aliphatic heterocycles. The number of nitro groups is 1. The predicted molar refractivity (Wildman–Crippen MR) is 108 cm³/mol. The van der Waals surface area contributed by atoms with Crippen LogP contribution in [0, 0.1) is 10.1 Å². The molecule has 0 bridgehead atoms. The first-order valence-corrected chi connectivity index (χ1v) is 8.88. The van der Waals surface area contributed by atoms with Crippen molar-refractivity contribution in [1.82, 2.24) is 0 Å². The lowest BCUT2D eigenvalue weighted by atomic mass is 10.1. The van der Waals surface area contributed by atoms with Crippen LogP contribution in [0.2, 0.25) is 5.02 Å². The van der Waals surface area contributed by atoms with E-state index in [2.05, 4.69) is 0 Å². The van der Waals surface area contributed by atoms with E-state index in [9.17, 15) is 24.8 Å². The number of hydrogen-bond donors (Lipinski definition) is 1. The van der Waals surface area contributed by atoms with Gasteiger partial charge in [-0.15, -0.1) is 0 Å². The summed E-state index contributed by atoms with van der Waals surface area (Å²) in [5, 5.41) is 21.3. The van der Waals surface area contributed by atoms with Gasteiger partial charge >= 0.3 is 5.97 Å². The topological polar surface area (TPSA) is 101 Å². The SMILES string of the molecule is O=C(O)c1ccc([N+](=O)[O-])c(N(Cc2ccccc2Cl)C(=O)c2ccccc2)c1. The summed E-state index contributed by atoms with van der Waals surface area (Å²) in [6.45, 7) is -0.0721. The lowest BCUT2D eigenvalue weighted by Crippen LogP contribution is -2.31. The normalized spacial score (nSPS) is 10.4. The molecule has 0 unspecified atom stereocenters. The Hall–Kier alpha value is -3.71. The highest BCUT2D eigenvalue weighted by molar-refractivity contribution is 6.31. The number of carbonyl (C=O) groups excluding carboxylic acids is 1. The molecule has 7 nitrogen and oxygen atoms in total. The van der Waals surface area contributed by atoms with Gasteiger partial charge in [-0.1, -0.05) is 48.0 Å². The summed E-state index contributed by atoms with van der Waals surface area (Å²) >= 11 is 6.22. The number of carboxylic acid groups (broad SMARTS) is 1. The van der Waals surface area contributed by atoms with Crippen molar-refractivity contribution >= 4 is 34.9 Å². The fourth-order valence-corrected chi connectivity index (χ4v) is 3.02. The van der Waals surface area contributed by atoms with Crippen molar-refractivity contribution in [2.45, 2.75) is 6.54 Å². The maximum atomic E-state index is 13.2. The monoisotopic (exact) mass is 410 g/mol. The number of aromatic carboxylic acids is 1. The fraction of sp³-hybridized carbons (Fsp3) is 0.0476. The van der Waals surface area contributed by atoms with Gasteiger partial charge in [-0.25, -0.2) is 4.79 Å². The Bertz CT molecular complexity index is 1090. The summed E-state index contributed by atoms with van der Waals surface area (Å²) in [7, 11) is 0. The van der Waals surface area contributed by atoms with E-state index in [-0.39, 0.29) is 23.5 Å². The minimum absolute atomic E-state index is 0.0721. The maximum Gasteiger partial charge on any atom is 0.335 e. The predicted octanol–water partition coefficient (Wildman–Crippen LogP) is 4.79. The average molecular weight is 411 g/mol. The molecule has 0 heterocycles. The molecule has 1 amide bonds. The summed E-state index contributed by atoms with van der Waals surface area (Å²) in [5.74, 6) is -1.78. The van der Waals surface area contributed by atoms with Crippen molar-refractivity contribution in [3.63, 3.8) is 0 Å². The Morgan fingerprint density at radius 2 is 1.62 bits per heavy atom. The molecule has 3 rings (SSSR count). The number of anilines is 1. The first-order valence-electron chi connectivity index (χ1n) is 8.50. The Balaban J connectivity index is 2.18. The molecule has 0 saturated heterocycles. The van der Waals surface area contributed by atoms with Gasteiger partial charge in [0.05, 0.1) is 17.0 Å². The summed E-state index contributed by atoms with van der Waals surface area (Å²) < 4.78 is 0. The van der Waals surface area contributed by atoms with Crippen LogP contribution < -0.4 is 4.90 Å². The zero-order chi connectivity index (χ0) is 21.0. The van der Waals surface area contributed by atoms with Crippen LogP contribution in [-0.2, 0) is 6.54 Å². The molecular formula is C21H15ClN2O5. The van der Waals surface area contributed by atoms with Crippen LogP contribution in [0.15, 0.2) is 72.8 Å². The third-order valence-corrected chi connectivity index (χ3v) is 4.63. The van der Waals surface area contributed by atoms with Crippen molar-refractivity contribution in [2.24, 2.45) is 0 Å². The van der Waals surface area contributed by atoms with Gasteiger partial charge in [0.25, 0.3) is 11.6 Å². The Labute approximate surface area is 170 Å². The number of nitro benzene ring substituents is 1. The summed E-state index contributed by atoms with van der Waals surface area (Å²) in [4.78, 5) is 36.7. The molecule has 0 aromatic heterocycles. The van der Waals surface area contributed by atoms with Crippen LogP contribution in [0.25, 0.3) is 0 Å². The van der Waals surface area contributed by atoms with Crippen LogP contribution >= 0.6 is 11.6 Å². The molecule has 3 aromatic carbocycles. The van der Waals surface area contributed by atoms with E-state index in [0.29, 0.717) is 16.1 Å². The molecule has 0 spiro atoms. The van der Waals surface area contributed by atoms with Crippen LogP contribution in [0.4, 0.5) is 11.4 Å². The van der Waals surface area contributed by atoms with Crippen LogP contribution in [0.3, 0.4) is 0 Å². The highest BCUT2D eigenvalue weighted by atomic mass is 35.5. The van der Waals surface area contributed by atoms with Crippen LogP contribution in [0.1, 0.15) is 26.3 Å². The largest absolute Gasteiger partial charge is 0.478 e. The van der Waals surface area contributed by atoms with Crippen molar-refractivity contribution in [3.8, 4) is 0 Å². The smallest absolute Gasteiger partial charge is 0.335 e. The standard InChI is InChI=1S/C21H15ClN2O5/c22-17-9-5-4-8-16(17)13-23(20(25)14-6-2-1-3-7-14)19-12-15(21(26)27)10-11-18(19)24(28)29/h1-12H,13H2,(H,26,27). The number of nitrogens with zero attached hydrogens (tertiary/aromatic N) is 2. The number of rotatable bonds is 6. The molecule has 8 heteroatoms. The van der Waals surface area contributed by atoms with Gasteiger partial charge in [0.2, 0.25) is 0 Å². The second-order valence-corrected chi connectivity index (χ2v) is 6.52. The zero-order valence-corrected chi connectivity index (χ0v) is 15.7. The quantitative estimate of drug-likeness (QED) is 0.465. The first-order chi connectivity index (χ1) is 13.9. The van der Waals surface area contributed by atoms with E-state index in [0.717, 1.165) is 18.2 Å². The van der Waals surface area contributed by atoms with E-state index in [1.54, 1.807) is 54.6 Å². The van der Waals surface area contributed by atoms with Gasteiger partial charge in [-0.2, -0.15) is 0 Å². The van der Waals surface area contributed by atoms with E-state index in [4.69, 9.17) is 11.6 Å². The highest BCUT2D eigenvalue weighted by Crippen LogP contribution is 2.33. The zero-order valence-electron chi connectivity index (χ0n) is 15.0. The lowest BCUT2D eigenvalue weighted by molar-refractivity contribution is -0.384. The van der Waals surface area contributed by atoms with Gasteiger partial charge < -0.3 is 5.11 Å². The minimum atomic E-state index is -1.26. The van der Waals surface area contributed by atoms with E-state index >= 15 is 0 Å². The van der Waals surface area contributed by atoms with Gasteiger partial charge in [0.1, 0.15) is 5.69 Å². The average Bonchev–Trinajstić information content (AvgIpc) is 2.72. The molecule has 1 N–H and O–H groups in total. The number of benzene rings is 3. The van der Waals surface area contributed by atoms with Crippen molar-refractivity contribution in [2.75, 3.05) is 4.90 Å². The van der Waals surface area contributed by atoms with E-state index in [1.165, 1.54) is 4.90 Å². The second kappa shape index (κ2) is 8.53. The van der Waals surface area contributed by atoms with Gasteiger partial charge in [-0.3, -0.25) is 19.8 Å². The Morgan fingerprint density at radius 1 is 0.966 bits per heavy atom. The second-order valence-electron chi connectivity index (χ2n) is 6.11. The molecule has 3 aromatic rings. The van der Waals surface area contributed by atoms with Gasteiger partial charge in [-0.05, 0) is 35.9 Å². The molecule has 0 saturated carbocycles. The maximum absolute atomic E-state index is 13.2. The van der Waals surface area contributed by atoms with Gasteiger partial charge in [0, 0.05) is 16.7 Å². The third-order valence-electron chi connectivity index (χ3n) is 4.26. The Morgan fingerprint density at radius 3 is 2.24 bits per heavy atom. The lowest BCUT2D eigenvalue weighted by Gasteiger charge is -2.24. The number of halogens is 1. The fourth-order valence-electron chi connectivity index (χ4n) is 2.83. The number of carboxylic acids is 1. The molecule has 0 fully saturated rings. The highest BCUT2D eigenvalue weighted by Gasteiger charge is 2.27. The molecule has 0 radical (unpaired) electrons. The molecule has 0 atom stereocenters. The van der Waals surface area contributed by atoms with Gasteiger partial charge in [0.15, 0.2) is 0 Å². The van der Waals surface area contributed by atoms with Crippen LogP contribution in [0.5, 0.6) is 0 Å². The first kappa shape index (κ1) is 20.0. The molecule has 0 aliphatic rings. The molecular weight excluding hydrogens is 396 g/mol. The Kier molecular flexibility index (Phi) is 5.90. The number of carbonyl (C=O) groups is 2. The summed E-state index contributed by atoms with van der Waals surface area (Å²) in [6, 6.07) is 18.4. The van der Waals surface area contributed by atoms with Crippen molar-refractivity contribution in [3.05, 3.63) is 105 Å². The van der Waals surface area contributed by atoms with E-state index in [1.807, 2.05) is 0 Å². The number of hydrogen-bond acceptors (Lipinski definition) is 4.